The zero-order chi connectivity index (χ0) is 21.5. The van der Waals surface area contributed by atoms with Gasteiger partial charge in [0.25, 0.3) is 5.91 Å². The number of nitrogens with zero attached hydrogens (tertiary/aromatic N) is 5. The Kier molecular flexibility index (Phi) is 4.82. The highest BCUT2D eigenvalue weighted by atomic mass is 16.3. The number of aromatic nitrogens is 3. The van der Waals surface area contributed by atoms with E-state index in [4.69, 9.17) is 9.40 Å². The van der Waals surface area contributed by atoms with Crippen LogP contribution in [0.3, 0.4) is 0 Å². The van der Waals surface area contributed by atoms with Gasteiger partial charge in [0.2, 0.25) is 0 Å². The molecule has 0 spiro atoms. The number of aryl methyl sites for hydroxylation is 2. The quantitative estimate of drug-likeness (QED) is 0.510. The lowest BCUT2D eigenvalue weighted by molar-refractivity contribution is 0.0541. The van der Waals surface area contributed by atoms with Gasteiger partial charge in [-0.2, -0.15) is 0 Å². The second-order valence-electron chi connectivity index (χ2n) is 8.16. The molecule has 1 aliphatic heterocycles. The maximum absolute atomic E-state index is 13.1. The number of hydrogen-bond donors (Lipinski definition) is 0. The minimum absolute atomic E-state index is 0.0230. The van der Waals surface area contributed by atoms with Crippen LogP contribution in [-0.4, -0.2) is 56.8 Å². The van der Waals surface area contributed by atoms with Crippen molar-refractivity contribution >= 4 is 11.4 Å². The number of piperazine rings is 1. The summed E-state index contributed by atoms with van der Waals surface area (Å²) in [5, 5.41) is 0. The van der Waals surface area contributed by atoms with Crippen LogP contribution in [0.5, 0.6) is 0 Å². The third-order valence-corrected chi connectivity index (χ3v) is 6.08. The van der Waals surface area contributed by atoms with Gasteiger partial charge >= 0.3 is 0 Å². The standard InChI is InChI=1S/C24H25N5O2/c1-16-11-20(17(2)31-16)24(30)28-10-9-27(3)22(14-28)23-21-7-6-19(13-29(21)15-26-23)18-5-4-8-25-12-18/h4-8,11-13,15,22H,9-10,14H2,1-3H3. The Labute approximate surface area is 180 Å². The third-order valence-electron chi connectivity index (χ3n) is 6.08. The molecule has 1 unspecified atom stereocenters. The lowest BCUT2D eigenvalue weighted by Crippen LogP contribution is -2.49. The van der Waals surface area contributed by atoms with Gasteiger partial charge in [0.1, 0.15) is 11.5 Å². The Morgan fingerprint density at radius 2 is 2.03 bits per heavy atom. The molecule has 1 amide bonds. The number of furan rings is 1. The number of imidazole rings is 1. The van der Waals surface area contributed by atoms with Crippen LogP contribution in [0.4, 0.5) is 0 Å². The molecule has 1 atom stereocenters. The molecule has 0 aromatic carbocycles. The molecule has 7 heteroatoms. The van der Waals surface area contributed by atoms with E-state index in [0.717, 1.165) is 34.6 Å². The minimum Gasteiger partial charge on any atom is -0.466 e. The average Bonchev–Trinajstić information content (AvgIpc) is 3.36. The molecular formula is C24H25N5O2. The molecule has 1 aliphatic rings. The van der Waals surface area contributed by atoms with E-state index < -0.39 is 0 Å². The Morgan fingerprint density at radius 1 is 1.16 bits per heavy atom. The van der Waals surface area contributed by atoms with Gasteiger partial charge < -0.3 is 13.7 Å². The second kappa shape index (κ2) is 7.67. The molecule has 1 fully saturated rings. The molecule has 158 valence electrons. The summed E-state index contributed by atoms with van der Waals surface area (Å²) in [7, 11) is 2.09. The van der Waals surface area contributed by atoms with E-state index in [9.17, 15) is 4.79 Å². The topological polar surface area (TPSA) is 66.9 Å². The number of amides is 1. The maximum Gasteiger partial charge on any atom is 0.257 e. The fourth-order valence-corrected chi connectivity index (χ4v) is 4.35. The van der Waals surface area contributed by atoms with Crippen molar-refractivity contribution in [2.45, 2.75) is 19.9 Å². The number of fused-ring (bicyclic) bond motifs is 1. The van der Waals surface area contributed by atoms with Crippen molar-refractivity contribution in [1.82, 2.24) is 24.2 Å². The van der Waals surface area contributed by atoms with Gasteiger partial charge in [-0.05, 0) is 44.7 Å². The first-order valence-corrected chi connectivity index (χ1v) is 10.4. The van der Waals surface area contributed by atoms with Crippen LogP contribution in [0, 0.1) is 13.8 Å². The van der Waals surface area contributed by atoms with Gasteiger partial charge in [0.05, 0.1) is 29.1 Å². The van der Waals surface area contributed by atoms with Gasteiger partial charge in [0, 0.05) is 43.8 Å². The van der Waals surface area contributed by atoms with E-state index in [-0.39, 0.29) is 11.9 Å². The van der Waals surface area contributed by atoms with E-state index in [1.54, 1.807) is 6.20 Å². The molecule has 5 heterocycles. The molecule has 5 rings (SSSR count). The van der Waals surface area contributed by atoms with E-state index in [2.05, 4.69) is 39.7 Å². The fourth-order valence-electron chi connectivity index (χ4n) is 4.35. The molecular weight excluding hydrogens is 390 g/mol. The second-order valence-corrected chi connectivity index (χ2v) is 8.16. The van der Waals surface area contributed by atoms with Crippen molar-refractivity contribution < 1.29 is 9.21 Å². The average molecular weight is 415 g/mol. The number of carbonyl (C=O) groups is 1. The summed E-state index contributed by atoms with van der Waals surface area (Å²) < 4.78 is 7.63. The van der Waals surface area contributed by atoms with Crippen molar-refractivity contribution in [3.8, 4) is 11.1 Å². The smallest absolute Gasteiger partial charge is 0.257 e. The normalized spacial score (nSPS) is 17.4. The Balaban J connectivity index is 1.44. The predicted octanol–water partition coefficient (Wildman–Crippen LogP) is 3.74. The molecule has 0 bridgehead atoms. The van der Waals surface area contributed by atoms with Crippen LogP contribution >= 0.6 is 0 Å². The van der Waals surface area contributed by atoms with Gasteiger partial charge in [0.15, 0.2) is 0 Å². The molecule has 0 saturated carbocycles. The summed E-state index contributed by atoms with van der Waals surface area (Å²) in [6, 6.07) is 10.0. The summed E-state index contributed by atoms with van der Waals surface area (Å²) in [6.45, 7) is 5.78. The molecule has 1 saturated heterocycles. The van der Waals surface area contributed by atoms with Crippen LogP contribution < -0.4 is 0 Å². The van der Waals surface area contributed by atoms with E-state index in [0.29, 0.717) is 24.4 Å². The highest BCUT2D eigenvalue weighted by Gasteiger charge is 2.32. The number of likely N-dealkylation sites (N-methyl/N-ethyl adjacent to an activating group) is 1. The zero-order valence-electron chi connectivity index (χ0n) is 17.9. The van der Waals surface area contributed by atoms with Crippen LogP contribution in [0.1, 0.15) is 33.6 Å². The zero-order valence-corrected chi connectivity index (χ0v) is 17.9. The number of rotatable bonds is 3. The molecule has 0 N–H and O–H groups in total. The highest BCUT2D eigenvalue weighted by Crippen LogP contribution is 2.29. The Hall–Kier alpha value is -3.45. The summed E-state index contributed by atoms with van der Waals surface area (Å²) in [5.41, 5.74) is 4.84. The lowest BCUT2D eigenvalue weighted by Gasteiger charge is -2.38. The lowest BCUT2D eigenvalue weighted by atomic mass is 10.1. The SMILES string of the molecule is Cc1cc(C(=O)N2CCN(C)C(c3ncn4cc(-c5cccnc5)ccc34)C2)c(C)o1. The Morgan fingerprint density at radius 3 is 2.77 bits per heavy atom. The van der Waals surface area contributed by atoms with E-state index in [1.165, 1.54) is 0 Å². The van der Waals surface area contributed by atoms with Gasteiger partial charge in [-0.15, -0.1) is 0 Å². The Bertz CT molecular complexity index is 1240. The first-order valence-electron chi connectivity index (χ1n) is 10.4. The third kappa shape index (κ3) is 3.51. The van der Waals surface area contributed by atoms with E-state index in [1.807, 2.05) is 49.5 Å². The summed E-state index contributed by atoms with van der Waals surface area (Å²) in [4.78, 5) is 26.3. The summed E-state index contributed by atoms with van der Waals surface area (Å²) >= 11 is 0. The summed E-state index contributed by atoms with van der Waals surface area (Å²) in [5.74, 6) is 1.46. The van der Waals surface area contributed by atoms with Crippen LogP contribution in [-0.2, 0) is 0 Å². The predicted molar refractivity (Wildman–Crippen MR) is 118 cm³/mol. The fraction of sp³-hybridized carbons (Fsp3) is 0.292. The number of hydrogen-bond acceptors (Lipinski definition) is 5. The largest absolute Gasteiger partial charge is 0.466 e. The maximum atomic E-state index is 13.1. The molecule has 0 radical (unpaired) electrons. The number of carbonyl (C=O) groups excluding carboxylic acids is 1. The van der Waals surface area contributed by atoms with Crippen molar-refractivity contribution in [1.29, 1.82) is 0 Å². The van der Waals surface area contributed by atoms with Crippen LogP contribution in [0.2, 0.25) is 0 Å². The van der Waals surface area contributed by atoms with Gasteiger partial charge in [-0.1, -0.05) is 12.1 Å². The highest BCUT2D eigenvalue weighted by molar-refractivity contribution is 5.95. The van der Waals surface area contributed by atoms with Crippen molar-refractivity contribution in [3.63, 3.8) is 0 Å². The van der Waals surface area contributed by atoms with Crippen LogP contribution in [0.25, 0.3) is 16.6 Å². The molecule has 4 aromatic heterocycles. The molecule has 31 heavy (non-hydrogen) atoms. The first kappa shape index (κ1) is 19.5. The van der Waals surface area contributed by atoms with Crippen molar-refractivity contribution in [2.75, 3.05) is 26.7 Å². The van der Waals surface area contributed by atoms with Crippen molar-refractivity contribution in [2.24, 2.45) is 0 Å². The summed E-state index contributed by atoms with van der Waals surface area (Å²) in [6.07, 6.45) is 7.56. The monoisotopic (exact) mass is 415 g/mol. The van der Waals surface area contributed by atoms with Crippen molar-refractivity contribution in [3.05, 3.63) is 78.0 Å². The molecule has 0 aliphatic carbocycles. The van der Waals surface area contributed by atoms with Crippen LogP contribution in [0.15, 0.2) is 59.7 Å². The molecule has 7 nitrogen and oxygen atoms in total. The number of pyridine rings is 2. The van der Waals surface area contributed by atoms with Gasteiger partial charge in [-0.25, -0.2) is 4.98 Å². The first-order chi connectivity index (χ1) is 15.0. The van der Waals surface area contributed by atoms with Gasteiger partial charge in [-0.3, -0.25) is 14.7 Å². The van der Waals surface area contributed by atoms with E-state index >= 15 is 0 Å². The molecule has 4 aromatic rings. The minimum atomic E-state index is 0.0230.